The van der Waals surface area contributed by atoms with Crippen molar-refractivity contribution in [3.05, 3.63) is 94.3 Å². The summed E-state index contributed by atoms with van der Waals surface area (Å²) >= 11 is 0. The van der Waals surface area contributed by atoms with Crippen molar-refractivity contribution in [1.82, 2.24) is 10.3 Å². The molecule has 1 aliphatic carbocycles. The molecule has 0 radical (unpaired) electrons. The Hall–Kier alpha value is -6.26. The van der Waals surface area contributed by atoms with Crippen LogP contribution in [0.25, 0.3) is 17.2 Å². The van der Waals surface area contributed by atoms with E-state index in [0.29, 0.717) is 34.7 Å². The number of aliphatic hydroxyl groups excluding tert-OH is 1. The lowest BCUT2D eigenvalue weighted by Crippen LogP contribution is -2.39. The molecule has 5 N–H and O–H groups in total. The molecule has 1 saturated carbocycles. The van der Waals surface area contributed by atoms with E-state index in [0.717, 1.165) is 12.8 Å². The van der Waals surface area contributed by atoms with Gasteiger partial charge in [-0.25, -0.2) is 14.6 Å². The van der Waals surface area contributed by atoms with Crippen molar-refractivity contribution in [2.24, 2.45) is 17.6 Å². The fourth-order valence-electron chi connectivity index (χ4n) is 5.75. The van der Waals surface area contributed by atoms with E-state index in [4.69, 9.17) is 34.8 Å². The van der Waals surface area contributed by atoms with E-state index in [1.165, 1.54) is 44.2 Å². The van der Waals surface area contributed by atoms with Crippen molar-refractivity contribution in [1.29, 1.82) is 5.41 Å². The standard InChI is InChI=1S/C44H52N4O12/c1-8-29-18-34(37(50)17-27-11-13-30(14-12-27)35(45)20-38(51)57-25(6)58-42(53)39(46)23(2)3)33(19-31(29)22-49)32-15-16-36(41(52)47-21-28-9-10-28)48-40(32)43(54)59-26(7)60-44(55)56-24(4)5/h8,11-16,18-19,23-26,28,39,45,49H,1,9-10,17,20-22,46H2,2-7H3,(H,47,52)/t25?,26?,39-/m0/s1. The van der Waals surface area contributed by atoms with Crippen molar-refractivity contribution < 1.29 is 57.6 Å². The monoisotopic (exact) mass is 828 g/mol. The summed E-state index contributed by atoms with van der Waals surface area (Å²) in [4.78, 5) is 82.2. The van der Waals surface area contributed by atoms with Crippen LogP contribution in [0.15, 0.2) is 55.1 Å². The normalized spacial score (nSPS) is 13.7. The third kappa shape index (κ3) is 13.1. The molecule has 2 unspecified atom stereocenters. The highest BCUT2D eigenvalue weighted by Crippen LogP contribution is 2.33. The van der Waals surface area contributed by atoms with Crippen LogP contribution < -0.4 is 11.1 Å². The highest BCUT2D eigenvalue weighted by molar-refractivity contribution is 6.09. The first-order valence-electron chi connectivity index (χ1n) is 19.5. The molecule has 3 aromatic rings. The van der Waals surface area contributed by atoms with Crippen LogP contribution in [0.3, 0.4) is 0 Å². The topological polar surface area (TPSA) is 244 Å². The molecular weight excluding hydrogens is 777 g/mol. The maximum absolute atomic E-state index is 14.2. The van der Waals surface area contributed by atoms with Gasteiger partial charge in [0.1, 0.15) is 11.7 Å². The molecule has 4 rings (SSSR count). The van der Waals surface area contributed by atoms with E-state index < -0.39 is 73.5 Å². The second-order valence-electron chi connectivity index (χ2n) is 14.9. The Labute approximate surface area is 348 Å². The molecule has 1 heterocycles. The lowest BCUT2D eigenvalue weighted by atomic mass is 9.89. The SMILES string of the molecule is C=Cc1cc(C(=O)Cc2ccc(C(=N)CC(=O)OC(C)OC(=O)[C@@H](N)C(C)C)cc2)c(-c2ccc(C(=O)NCC3CC3)nc2C(=O)OC(C)OC(=O)OC(C)C)cc1CO. The Balaban J connectivity index is 1.60. The number of nitrogens with one attached hydrogen (secondary N) is 2. The Morgan fingerprint density at radius 3 is 2.17 bits per heavy atom. The number of aliphatic hydroxyl groups is 1. The number of nitrogens with zero attached hydrogens (tertiary/aromatic N) is 1. The molecule has 16 nitrogen and oxygen atoms in total. The molecular formula is C44H52N4O12. The summed E-state index contributed by atoms with van der Waals surface area (Å²) in [6, 6.07) is 11.4. The maximum atomic E-state index is 14.2. The molecule has 2 aromatic carbocycles. The third-order valence-corrected chi connectivity index (χ3v) is 9.25. The molecule has 1 aliphatic rings. The zero-order chi connectivity index (χ0) is 44.3. The second-order valence-corrected chi connectivity index (χ2v) is 14.9. The van der Waals surface area contributed by atoms with Gasteiger partial charge in [0.2, 0.25) is 12.6 Å². The van der Waals surface area contributed by atoms with Gasteiger partial charge in [0.05, 0.1) is 19.1 Å². The molecule has 3 atom stereocenters. The van der Waals surface area contributed by atoms with Crippen molar-refractivity contribution in [2.75, 3.05) is 6.54 Å². The molecule has 60 heavy (non-hydrogen) atoms. The van der Waals surface area contributed by atoms with Gasteiger partial charge in [-0.2, -0.15) is 0 Å². The minimum absolute atomic E-state index is 0.0825. The van der Waals surface area contributed by atoms with Crippen LogP contribution in [0.5, 0.6) is 0 Å². The summed E-state index contributed by atoms with van der Waals surface area (Å²) in [5.74, 6) is -3.34. The summed E-state index contributed by atoms with van der Waals surface area (Å²) in [5.41, 5.74) is 7.39. The number of amides is 1. The Morgan fingerprint density at radius 1 is 0.900 bits per heavy atom. The lowest BCUT2D eigenvalue weighted by Gasteiger charge is -2.19. The minimum Gasteiger partial charge on any atom is -0.431 e. The number of Topliss-reactive ketones (excluding diaryl/α,β-unsaturated/α-hetero) is 1. The highest BCUT2D eigenvalue weighted by Gasteiger charge is 2.28. The number of benzene rings is 2. The number of hydrogen-bond donors (Lipinski definition) is 4. The maximum Gasteiger partial charge on any atom is 0.511 e. The largest absolute Gasteiger partial charge is 0.511 e. The first-order valence-corrected chi connectivity index (χ1v) is 19.5. The fourth-order valence-corrected chi connectivity index (χ4v) is 5.75. The van der Waals surface area contributed by atoms with E-state index >= 15 is 0 Å². The van der Waals surface area contributed by atoms with E-state index in [9.17, 15) is 33.9 Å². The van der Waals surface area contributed by atoms with Gasteiger partial charge in [-0.05, 0) is 90.6 Å². The number of carbonyl (C=O) groups is 6. The number of carbonyl (C=O) groups excluding carboxylic acids is 6. The number of ether oxygens (including phenoxy) is 5. The fraction of sp³-hybridized carbons (Fsp3) is 0.409. The van der Waals surface area contributed by atoms with Crippen molar-refractivity contribution in [3.63, 3.8) is 0 Å². The minimum atomic E-state index is -1.43. The zero-order valence-electron chi connectivity index (χ0n) is 34.6. The van der Waals surface area contributed by atoms with Crippen LogP contribution in [-0.2, 0) is 46.3 Å². The second kappa shape index (κ2) is 21.1. The van der Waals surface area contributed by atoms with Gasteiger partial charge in [0.15, 0.2) is 11.5 Å². The average Bonchev–Trinajstić information content (AvgIpc) is 4.03. The van der Waals surface area contributed by atoms with E-state index in [2.05, 4.69) is 16.9 Å². The van der Waals surface area contributed by atoms with Gasteiger partial charge in [-0.3, -0.25) is 19.2 Å². The first-order chi connectivity index (χ1) is 28.4. The van der Waals surface area contributed by atoms with Gasteiger partial charge in [0.25, 0.3) is 5.91 Å². The number of ketones is 1. The average molecular weight is 829 g/mol. The number of aromatic nitrogens is 1. The first kappa shape index (κ1) is 46.4. The third-order valence-electron chi connectivity index (χ3n) is 9.25. The van der Waals surface area contributed by atoms with E-state index in [1.807, 2.05) is 0 Å². The highest BCUT2D eigenvalue weighted by atomic mass is 16.8. The Bertz CT molecular complexity index is 2110. The molecule has 1 amide bonds. The van der Waals surface area contributed by atoms with Gasteiger partial charge in [0, 0.05) is 43.7 Å². The predicted octanol–water partition coefficient (Wildman–Crippen LogP) is 5.69. The Kier molecular flexibility index (Phi) is 16.4. The van der Waals surface area contributed by atoms with Crippen LogP contribution >= 0.6 is 0 Å². The smallest absolute Gasteiger partial charge is 0.431 e. The van der Waals surface area contributed by atoms with Crippen molar-refractivity contribution in [3.8, 4) is 11.1 Å². The summed E-state index contributed by atoms with van der Waals surface area (Å²) in [6.07, 6.45) is -1.33. The molecule has 320 valence electrons. The van der Waals surface area contributed by atoms with Crippen LogP contribution in [0, 0.1) is 17.2 Å². The molecule has 0 saturated heterocycles. The summed E-state index contributed by atoms with van der Waals surface area (Å²) in [5, 5.41) is 21.5. The van der Waals surface area contributed by atoms with Gasteiger partial charge in [-0.15, -0.1) is 0 Å². The van der Waals surface area contributed by atoms with Crippen LogP contribution in [0.2, 0.25) is 0 Å². The molecule has 16 heteroatoms. The summed E-state index contributed by atoms with van der Waals surface area (Å²) < 4.78 is 25.7. The number of esters is 3. The predicted molar refractivity (Wildman–Crippen MR) is 219 cm³/mol. The molecule has 0 spiro atoms. The van der Waals surface area contributed by atoms with Gasteiger partial charge >= 0.3 is 24.1 Å². The van der Waals surface area contributed by atoms with Crippen LogP contribution in [-0.4, -0.2) is 82.8 Å². The van der Waals surface area contributed by atoms with Gasteiger partial charge in [-0.1, -0.05) is 50.8 Å². The quantitative estimate of drug-likeness (QED) is 0.0352. The van der Waals surface area contributed by atoms with Crippen LogP contribution in [0.1, 0.15) is 114 Å². The number of nitrogens with two attached hydrogens (primary N) is 1. The van der Waals surface area contributed by atoms with E-state index in [-0.39, 0.29) is 46.1 Å². The number of pyridine rings is 1. The molecule has 1 aromatic heterocycles. The Morgan fingerprint density at radius 2 is 1.57 bits per heavy atom. The van der Waals surface area contributed by atoms with Crippen molar-refractivity contribution >= 4 is 47.5 Å². The molecule has 1 fully saturated rings. The number of hydrogen-bond acceptors (Lipinski definition) is 15. The van der Waals surface area contributed by atoms with Gasteiger partial charge < -0.3 is 45.3 Å². The molecule has 0 bridgehead atoms. The van der Waals surface area contributed by atoms with E-state index in [1.54, 1.807) is 52.0 Å². The zero-order valence-corrected chi connectivity index (χ0v) is 34.6. The summed E-state index contributed by atoms with van der Waals surface area (Å²) in [7, 11) is 0. The van der Waals surface area contributed by atoms with Crippen LogP contribution in [0.4, 0.5) is 4.79 Å². The molecule has 0 aliphatic heterocycles. The lowest BCUT2D eigenvalue weighted by molar-refractivity contribution is -0.185. The number of rotatable bonds is 20. The summed E-state index contributed by atoms with van der Waals surface area (Å²) in [6.45, 7) is 13.2. The van der Waals surface area contributed by atoms with Crippen molar-refractivity contribution in [2.45, 2.75) is 98.6 Å².